The van der Waals surface area contributed by atoms with Crippen LogP contribution < -0.4 is 15.4 Å². The lowest BCUT2D eigenvalue weighted by Crippen LogP contribution is -2.53. The van der Waals surface area contributed by atoms with Crippen molar-refractivity contribution in [2.75, 3.05) is 63.0 Å². The van der Waals surface area contributed by atoms with Gasteiger partial charge in [-0.3, -0.25) is 9.11 Å². The van der Waals surface area contributed by atoms with E-state index in [1.54, 1.807) is 30.3 Å². The Morgan fingerprint density at radius 2 is 1.62 bits per heavy atom. The van der Waals surface area contributed by atoms with E-state index in [0.717, 1.165) is 44.7 Å². The number of hydrogen-bond acceptors (Lipinski definition) is 9. The fourth-order valence-electron chi connectivity index (χ4n) is 6.26. The maximum Gasteiger partial charge on any atom is 0.406 e. The zero-order valence-corrected chi connectivity index (χ0v) is 28.3. The third-order valence-electron chi connectivity index (χ3n) is 8.74. The average Bonchev–Trinajstić information content (AvgIpc) is 3.35. The fraction of sp³-hybridized carbons (Fsp3) is 0.500. The molecule has 4 N–H and O–H groups in total. The molecule has 258 valence electrons. The van der Waals surface area contributed by atoms with Crippen molar-refractivity contribution in [2.45, 2.75) is 54.6 Å². The number of nitrogens with zero attached hydrogens (tertiary/aromatic N) is 3. The molecule has 2 fully saturated rings. The average molecular weight is 698 g/mol. The second-order valence-electron chi connectivity index (χ2n) is 12.2. The Balaban J connectivity index is 1.28. The van der Waals surface area contributed by atoms with Gasteiger partial charge in [0.15, 0.2) is 0 Å². The number of sulfone groups is 1. The first-order valence-corrected chi connectivity index (χ1v) is 19.3. The first-order chi connectivity index (χ1) is 22.1. The van der Waals surface area contributed by atoms with Gasteiger partial charge in [0.1, 0.15) is 22.1 Å². The van der Waals surface area contributed by atoms with Crippen LogP contribution in [-0.2, 0) is 16.4 Å². The molecule has 0 bridgehead atoms. The minimum atomic E-state index is -4.45. The Hall–Kier alpha value is -3.13. The molecule has 0 saturated carbocycles. The molecule has 3 aromatic rings. The highest BCUT2D eigenvalue weighted by atomic mass is 32.3. The van der Waals surface area contributed by atoms with Gasteiger partial charge >= 0.3 is 6.18 Å². The van der Waals surface area contributed by atoms with E-state index in [1.807, 2.05) is 6.07 Å². The number of methoxy groups -OCH3 is 1. The van der Waals surface area contributed by atoms with E-state index < -0.39 is 33.1 Å². The van der Waals surface area contributed by atoms with Crippen LogP contribution in [0.3, 0.4) is 0 Å². The SMILES string of the molecule is COc1cc(S(C)(O)O)ccc1NCC#Cc1cc2c(NC3CCN(N4CCC(S(C)(=O)=O)CC4)CC3)cccc2n1CC(F)(F)F. The van der Waals surface area contributed by atoms with Crippen LogP contribution >= 0.6 is 10.6 Å². The number of halogens is 3. The Labute approximate surface area is 275 Å². The zero-order valence-electron chi connectivity index (χ0n) is 26.7. The second-order valence-corrected chi connectivity index (χ2v) is 16.6. The molecule has 0 atom stereocenters. The van der Waals surface area contributed by atoms with E-state index >= 15 is 0 Å². The second kappa shape index (κ2) is 14.2. The number of alkyl halides is 3. The number of anilines is 2. The van der Waals surface area contributed by atoms with Crippen LogP contribution in [-0.4, -0.2) is 102 Å². The standard InChI is InChI=1S/C32H42F3N5O5S2/c1-45-31-21-26(47(3,43)44)9-10-29(31)36-15-5-6-24-20-27-28(7-4-8-30(27)40(24)22-32(33,34)35)37-23-11-16-38(17-12-23)39-18-13-25(14-19-39)46(2,41)42/h4,7-10,20-21,23,25,36-37,43-44H,11-19,22H2,1-3H3. The minimum absolute atomic E-state index is 0.112. The van der Waals surface area contributed by atoms with Crippen molar-refractivity contribution < 1.29 is 35.4 Å². The van der Waals surface area contributed by atoms with Gasteiger partial charge in [0, 0.05) is 61.9 Å². The summed E-state index contributed by atoms with van der Waals surface area (Å²) >= 11 is 0. The Morgan fingerprint density at radius 3 is 2.21 bits per heavy atom. The molecule has 0 radical (unpaired) electrons. The number of benzene rings is 2. The van der Waals surface area contributed by atoms with Crippen LogP contribution in [0.15, 0.2) is 47.4 Å². The molecule has 2 aliphatic heterocycles. The summed E-state index contributed by atoms with van der Waals surface area (Å²) in [4.78, 5) is 0.323. The largest absolute Gasteiger partial charge is 0.495 e. The van der Waals surface area contributed by atoms with Crippen LogP contribution in [0.5, 0.6) is 5.75 Å². The maximum absolute atomic E-state index is 13.7. The van der Waals surface area contributed by atoms with E-state index in [9.17, 15) is 30.7 Å². The molecule has 0 unspecified atom stereocenters. The lowest BCUT2D eigenvalue weighted by molar-refractivity contribution is -0.140. The predicted molar refractivity (Wildman–Crippen MR) is 181 cm³/mol. The van der Waals surface area contributed by atoms with Crippen LogP contribution in [0, 0.1) is 11.8 Å². The number of rotatable bonds is 9. The van der Waals surface area contributed by atoms with Crippen LogP contribution in [0.25, 0.3) is 10.9 Å². The molecular formula is C32H42F3N5O5S2. The third-order valence-corrected chi connectivity index (χ3v) is 11.6. The highest BCUT2D eigenvalue weighted by Gasteiger charge is 2.32. The topological polar surface area (TPSA) is 119 Å². The Morgan fingerprint density at radius 1 is 0.957 bits per heavy atom. The molecule has 2 aliphatic rings. The van der Waals surface area contributed by atoms with Crippen molar-refractivity contribution in [1.29, 1.82) is 0 Å². The van der Waals surface area contributed by atoms with Gasteiger partial charge in [-0.1, -0.05) is 12.0 Å². The monoisotopic (exact) mass is 697 g/mol. The summed E-state index contributed by atoms with van der Waals surface area (Å²) in [5, 5.41) is 11.6. The molecule has 2 aromatic carbocycles. The Bertz CT molecular complexity index is 1730. The van der Waals surface area contributed by atoms with Crippen molar-refractivity contribution in [3.8, 4) is 17.6 Å². The van der Waals surface area contributed by atoms with E-state index in [1.165, 1.54) is 30.3 Å². The summed E-state index contributed by atoms with van der Waals surface area (Å²) in [5.74, 6) is 6.21. The van der Waals surface area contributed by atoms with E-state index in [2.05, 4.69) is 32.5 Å². The smallest absolute Gasteiger partial charge is 0.406 e. The number of aromatic nitrogens is 1. The van der Waals surface area contributed by atoms with Crippen molar-refractivity contribution in [3.05, 3.63) is 48.2 Å². The normalized spacial score (nSPS) is 18.1. The van der Waals surface area contributed by atoms with Gasteiger partial charge in [-0.15, -0.1) is 0 Å². The van der Waals surface area contributed by atoms with Gasteiger partial charge in [0.25, 0.3) is 0 Å². The highest BCUT2D eigenvalue weighted by molar-refractivity contribution is 8.23. The molecule has 3 heterocycles. The van der Waals surface area contributed by atoms with Crippen molar-refractivity contribution in [3.63, 3.8) is 0 Å². The summed E-state index contributed by atoms with van der Waals surface area (Å²) in [7, 11) is -4.50. The molecule has 0 amide bonds. The maximum atomic E-state index is 13.7. The van der Waals surface area contributed by atoms with Crippen LogP contribution in [0.4, 0.5) is 24.5 Å². The summed E-state index contributed by atoms with van der Waals surface area (Å²) < 4.78 is 91.4. The predicted octanol–water partition coefficient (Wildman–Crippen LogP) is 5.72. The van der Waals surface area contributed by atoms with Crippen molar-refractivity contribution in [1.82, 2.24) is 14.6 Å². The molecule has 15 heteroatoms. The lowest BCUT2D eigenvalue weighted by Gasteiger charge is -2.43. The number of nitrogens with one attached hydrogen (secondary N) is 2. The molecule has 5 rings (SSSR count). The quantitative estimate of drug-likeness (QED) is 0.209. The lowest BCUT2D eigenvalue weighted by atomic mass is 10.0. The number of piperidine rings is 2. The van der Waals surface area contributed by atoms with Gasteiger partial charge in [-0.25, -0.2) is 18.4 Å². The molecule has 47 heavy (non-hydrogen) atoms. The number of fused-ring (bicyclic) bond motifs is 1. The summed E-state index contributed by atoms with van der Waals surface area (Å²) in [6, 6.07) is 11.8. The minimum Gasteiger partial charge on any atom is -0.495 e. The molecule has 2 saturated heterocycles. The van der Waals surface area contributed by atoms with Crippen LogP contribution in [0.1, 0.15) is 31.4 Å². The molecular weight excluding hydrogens is 656 g/mol. The number of ether oxygens (including phenoxy) is 1. The first kappa shape index (κ1) is 35.2. The van der Waals surface area contributed by atoms with Gasteiger partial charge in [-0.2, -0.15) is 23.8 Å². The number of hydrogen-bond donors (Lipinski definition) is 4. The van der Waals surface area contributed by atoms with E-state index in [-0.39, 0.29) is 23.5 Å². The molecule has 0 aliphatic carbocycles. The Kier molecular flexibility index (Phi) is 10.6. The van der Waals surface area contributed by atoms with E-state index in [0.29, 0.717) is 40.1 Å². The fourth-order valence-corrected chi connectivity index (χ4v) is 7.99. The molecule has 0 spiro atoms. The van der Waals surface area contributed by atoms with Crippen molar-refractivity contribution >= 4 is 42.7 Å². The first-order valence-electron chi connectivity index (χ1n) is 15.4. The van der Waals surface area contributed by atoms with Crippen molar-refractivity contribution in [2.24, 2.45) is 0 Å². The summed E-state index contributed by atoms with van der Waals surface area (Å²) in [6.07, 6.45) is 1.12. The molecule has 1 aromatic heterocycles. The zero-order chi connectivity index (χ0) is 34.0. The van der Waals surface area contributed by atoms with Gasteiger partial charge in [0.05, 0.1) is 40.7 Å². The molecule has 10 nitrogen and oxygen atoms in total. The highest BCUT2D eigenvalue weighted by Crippen LogP contribution is 2.46. The van der Waals surface area contributed by atoms with Gasteiger partial charge < -0.3 is 19.9 Å². The van der Waals surface area contributed by atoms with Crippen LogP contribution in [0.2, 0.25) is 0 Å². The number of hydrazine groups is 1. The summed E-state index contributed by atoms with van der Waals surface area (Å²) in [5.41, 5.74) is 1.99. The summed E-state index contributed by atoms with van der Waals surface area (Å²) in [6.45, 7) is 1.99. The van der Waals surface area contributed by atoms with Gasteiger partial charge in [-0.05, 0) is 61.9 Å². The van der Waals surface area contributed by atoms with Gasteiger partial charge in [0.2, 0.25) is 0 Å². The van der Waals surface area contributed by atoms with E-state index in [4.69, 9.17) is 4.74 Å². The third kappa shape index (κ3) is 8.87.